The van der Waals surface area contributed by atoms with Crippen LogP contribution in [0.5, 0.6) is 5.75 Å². The first-order valence-electron chi connectivity index (χ1n) is 11.1. The molecule has 9 nitrogen and oxygen atoms in total. The second-order valence-corrected chi connectivity index (χ2v) is 9.14. The maximum Gasteiger partial charge on any atom is 0.409 e. The first kappa shape index (κ1) is 28.9. The second-order valence-electron chi connectivity index (χ2n) is 9.14. The highest BCUT2D eigenvalue weighted by atomic mass is 19.2. The van der Waals surface area contributed by atoms with Crippen molar-refractivity contribution in [3.8, 4) is 5.75 Å². The van der Waals surface area contributed by atoms with E-state index in [1.807, 2.05) is 0 Å². The predicted octanol–water partition coefficient (Wildman–Crippen LogP) is 2.89. The second kappa shape index (κ2) is 12.0. The molecular weight excluding hydrogens is 492 g/mol. The van der Waals surface area contributed by atoms with Gasteiger partial charge < -0.3 is 24.4 Å². The molecule has 0 aliphatic carbocycles. The molecule has 1 fully saturated rings. The average Bonchev–Trinajstić information content (AvgIpc) is 2.80. The number of hydrogen-bond acceptors (Lipinski definition) is 7. The number of carbonyl (C=O) groups excluding carboxylic acids is 4. The van der Waals surface area contributed by atoms with E-state index in [4.69, 9.17) is 9.47 Å². The molecule has 200 valence electrons. The minimum absolute atomic E-state index is 0.0175. The van der Waals surface area contributed by atoms with E-state index in [2.05, 4.69) is 10.1 Å². The van der Waals surface area contributed by atoms with E-state index >= 15 is 0 Å². The number of rotatable bonds is 8. The van der Waals surface area contributed by atoms with Crippen molar-refractivity contribution in [2.75, 3.05) is 26.8 Å². The zero-order chi connectivity index (χ0) is 27.2. The number of halogens is 4. The van der Waals surface area contributed by atoms with Gasteiger partial charge in [-0.15, -0.1) is 0 Å². The van der Waals surface area contributed by atoms with Crippen LogP contribution in [0.15, 0.2) is 6.07 Å². The SMILES string of the molecule is COC(=O)N1CCC(C(=O)N[C@@H](CC(=O)OC(C)(C)C)C(=O)COc2c(F)c(F)cc(F)c2F)CC1. The van der Waals surface area contributed by atoms with Crippen molar-refractivity contribution in [2.24, 2.45) is 5.92 Å². The Kier molecular flexibility index (Phi) is 9.65. The molecule has 1 saturated heterocycles. The van der Waals surface area contributed by atoms with Gasteiger partial charge in [-0.3, -0.25) is 14.4 Å². The molecule has 1 N–H and O–H groups in total. The Labute approximate surface area is 205 Å². The zero-order valence-corrected chi connectivity index (χ0v) is 20.3. The molecule has 2 amide bonds. The molecule has 2 rings (SSSR count). The lowest BCUT2D eigenvalue weighted by molar-refractivity contribution is -0.156. The van der Waals surface area contributed by atoms with Gasteiger partial charge >= 0.3 is 12.1 Å². The summed E-state index contributed by atoms with van der Waals surface area (Å²) in [6.45, 7) is 4.10. The standard InChI is InChI=1S/C23H28F4N2O7/c1-23(2,3)36-17(31)10-15(28-21(32)12-5-7-29(8-6-12)22(33)34-4)16(30)11-35-20-18(26)13(24)9-14(25)19(20)27/h9,12,15H,5-8,10-11H2,1-4H3,(H,28,32)/t15-/m0/s1. The van der Waals surface area contributed by atoms with Crippen molar-refractivity contribution < 1.29 is 51.0 Å². The van der Waals surface area contributed by atoms with Crippen LogP contribution in [0, 0.1) is 29.2 Å². The number of Topliss-reactive ketones (excluding diaryl/α,β-unsaturated/α-hetero) is 1. The van der Waals surface area contributed by atoms with E-state index in [1.54, 1.807) is 20.8 Å². The fourth-order valence-corrected chi connectivity index (χ4v) is 3.46. The van der Waals surface area contributed by atoms with Crippen LogP contribution in [-0.4, -0.2) is 67.1 Å². The summed E-state index contributed by atoms with van der Waals surface area (Å²) >= 11 is 0. The third-order valence-corrected chi connectivity index (χ3v) is 5.22. The molecule has 1 aliphatic heterocycles. The van der Waals surface area contributed by atoms with E-state index in [-0.39, 0.29) is 32.0 Å². The van der Waals surface area contributed by atoms with Crippen LogP contribution in [0.3, 0.4) is 0 Å². The van der Waals surface area contributed by atoms with Crippen LogP contribution in [0.2, 0.25) is 0 Å². The topological polar surface area (TPSA) is 111 Å². The number of methoxy groups -OCH3 is 1. The molecule has 0 bridgehead atoms. The van der Waals surface area contributed by atoms with Crippen LogP contribution >= 0.6 is 0 Å². The molecular formula is C23H28F4N2O7. The van der Waals surface area contributed by atoms with Crippen molar-refractivity contribution in [1.29, 1.82) is 0 Å². The van der Waals surface area contributed by atoms with Crippen LogP contribution in [0.25, 0.3) is 0 Å². The largest absolute Gasteiger partial charge is 0.479 e. The van der Waals surface area contributed by atoms with Crippen molar-refractivity contribution in [3.63, 3.8) is 0 Å². The number of nitrogens with one attached hydrogen (secondary N) is 1. The quantitative estimate of drug-likeness (QED) is 0.319. The Bertz CT molecular complexity index is 979. The first-order chi connectivity index (χ1) is 16.7. The average molecular weight is 520 g/mol. The van der Waals surface area contributed by atoms with Crippen LogP contribution < -0.4 is 10.1 Å². The van der Waals surface area contributed by atoms with Crippen molar-refractivity contribution in [2.45, 2.75) is 51.7 Å². The lowest BCUT2D eigenvalue weighted by atomic mass is 9.95. The molecule has 36 heavy (non-hydrogen) atoms. The van der Waals surface area contributed by atoms with E-state index < -0.39 is 83.4 Å². The van der Waals surface area contributed by atoms with E-state index in [1.165, 1.54) is 12.0 Å². The summed E-state index contributed by atoms with van der Waals surface area (Å²) in [4.78, 5) is 50.9. The highest BCUT2D eigenvalue weighted by molar-refractivity contribution is 5.93. The minimum atomic E-state index is -1.84. The zero-order valence-electron chi connectivity index (χ0n) is 20.3. The lowest BCUT2D eigenvalue weighted by Crippen LogP contribution is -2.49. The van der Waals surface area contributed by atoms with Gasteiger partial charge in [0.2, 0.25) is 17.5 Å². The molecule has 0 aromatic heterocycles. The Morgan fingerprint density at radius 3 is 2.11 bits per heavy atom. The van der Waals surface area contributed by atoms with Crippen molar-refractivity contribution >= 4 is 23.8 Å². The molecule has 1 aromatic rings. The summed E-state index contributed by atoms with van der Waals surface area (Å²) in [5, 5.41) is 2.41. The molecule has 1 atom stereocenters. The van der Waals surface area contributed by atoms with Gasteiger partial charge in [-0.25, -0.2) is 13.6 Å². The number of ether oxygens (including phenoxy) is 3. The first-order valence-corrected chi connectivity index (χ1v) is 11.1. The van der Waals surface area contributed by atoms with Gasteiger partial charge in [-0.05, 0) is 33.6 Å². The third kappa shape index (κ3) is 7.82. The monoisotopic (exact) mass is 520 g/mol. The summed E-state index contributed by atoms with van der Waals surface area (Å²) in [5.74, 6) is -11.6. The summed E-state index contributed by atoms with van der Waals surface area (Å²) in [7, 11) is 1.23. The van der Waals surface area contributed by atoms with E-state index in [0.29, 0.717) is 0 Å². The number of benzene rings is 1. The van der Waals surface area contributed by atoms with Gasteiger partial charge in [0.15, 0.2) is 23.2 Å². The number of esters is 1. The molecule has 1 aromatic carbocycles. The van der Waals surface area contributed by atoms with Crippen LogP contribution in [0.1, 0.15) is 40.0 Å². The van der Waals surface area contributed by atoms with Gasteiger partial charge in [0.25, 0.3) is 0 Å². The lowest BCUT2D eigenvalue weighted by Gasteiger charge is -2.31. The maximum atomic E-state index is 13.9. The normalized spacial score (nSPS) is 15.2. The number of amides is 2. The maximum absolute atomic E-state index is 13.9. The molecule has 0 radical (unpaired) electrons. The highest BCUT2D eigenvalue weighted by Gasteiger charge is 2.33. The molecule has 0 saturated carbocycles. The summed E-state index contributed by atoms with van der Waals surface area (Å²) in [5.41, 5.74) is -0.906. The fraction of sp³-hybridized carbons (Fsp3) is 0.565. The number of likely N-dealkylation sites (tertiary alicyclic amines) is 1. The van der Waals surface area contributed by atoms with Gasteiger partial charge in [0.05, 0.1) is 13.5 Å². The Morgan fingerprint density at radius 1 is 1.06 bits per heavy atom. The van der Waals surface area contributed by atoms with Gasteiger partial charge in [-0.1, -0.05) is 0 Å². The molecule has 1 heterocycles. The van der Waals surface area contributed by atoms with Gasteiger partial charge in [0.1, 0.15) is 18.2 Å². The predicted molar refractivity (Wildman–Crippen MR) is 116 cm³/mol. The van der Waals surface area contributed by atoms with Crippen molar-refractivity contribution in [3.05, 3.63) is 29.3 Å². The summed E-state index contributed by atoms with van der Waals surface area (Å²) < 4.78 is 69.0. The van der Waals surface area contributed by atoms with Gasteiger partial charge in [-0.2, -0.15) is 8.78 Å². The molecule has 13 heteroatoms. The highest BCUT2D eigenvalue weighted by Crippen LogP contribution is 2.26. The van der Waals surface area contributed by atoms with Crippen molar-refractivity contribution in [1.82, 2.24) is 10.2 Å². The number of piperidine rings is 1. The van der Waals surface area contributed by atoms with Gasteiger partial charge in [0, 0.05) is 25.1 Å². The fourth-order valence-electron chi connectivity index (χ4n) is 3.46. The van der Waals surface area contributed by atoms with E-state index in [0.717, 1.165) is 0 Å². The van der Waals surface area contributed by atoms with Crippen LogP contribution in [0.4, 0.5) is 22.4 Å². The van der Waals surface area contributed by atoms with Crippen LogP contribution in [-0.2, 0) is 23.9 Å². The molecule has 0 unspecified atom stereocenters. The number of hydrogen-bond donors (Lipinski definition) is 1. The van der Waals surface area contributed by atoms with E-state index in [9.17, 15) is 36.7 Å². The Balaban J connectivity index is 2.12. The summed E-state index contributed by atoms with van der Waals surface area (Å²) in [6.07, 6.45) is -0.667. The molecule has 1 aliphatic rings. The Hall–Kier alpha value is -3.38. The smallest absolute Gasteiger partial charge is 0.409 e. The third-order valence-electron chi connectivity index (χ3n) is 5.22. The molecule has 0 spiro atoms. The Morgan fingerprint density at radius 2 is 1.61 bits per heavy atom. The minimum Gasteiger partial charge on any atom is -0.479 e. The number of carbonyl (C=O) groups is 4. The number of nitrogens with zero attached hydrogens (tertiary/aromatic N) is 1. The summed E-state index contributed by atoms with van der Waals surface area (Å²) in [6, 6.07) is -1.54. The number of ketones is 1.